The highest BCUT2D eigenvalue weighted by atomic mass is 15.1. The van der Waals surface area contributed by atoms with Gasteiger partial charge in [-0.1, -0.05) is 18.6 Å². The Balaban J connectivity index is 1.62. The molecule has 0 saturated heterocycles. The predicted molar refractivity (Wildman–Crippen MR) is 81.6 cm³/mol. The van der Waals surface area contributed by atoms with E-state index >= 15 is 0 Å². The minimum atomic E-state index is 0.473. The summed E-state index contributed by atoms with van der Waals surface area (Å²) in [5.41, 5.74) is 2.68. The number of rotatable bonds is 4. The molecule has 0 amide bonds. The first-order valence-corrected chi connectivity index (χ1v) is 7.67. The summed E-state index contributed by atoms with van der Waals surface area (Å²) in [4.78, 5) is 2.15. The van der Waals surface area contributed by atoms with Gasteiger partial charge in [0.15, 0.2) is 0 Å². The number of fused-ring (bicyclic) bond motifs is 2. The molecule has 0 aromatic heterocycles. The lowest BCUT2D eigenvalue weighted by Crippen LogP contribution is -2.35. The highest BCUT2D eigenvalue weighted by molar-refractivity contribution is 5.46. The van der Waals surface area contributed by atoms with Crippen molar-refractivity contribution in [3.8, 4) is 0 Å². The summed E-state index contributed by atoms with van der Waals surface area (Å²) < 4.78 is 0. The highest BCUT2D eigenvalue weighted by Gasteiger charge is 2.39. The van der Waals surface area contributed by atoms with Crippen LogP contribution in [0.3, 0.4) is 0 Å². The van der Waals surface area contributed by atoms with Crippen LogP contribution in [0.5, 0.6) is 0 Å². The summed E-state index contributed by atoms with van der Waals surface area (Å²) in [5, 5.41) is 3.86. The third-order valence-corrected chi connectivity index (χ3v) is 5.11. The number of nitrogens with one attached hydrogen (secondary N) is 1. The van der Waals surface area contributed by atoms with Crippen molar-refractivity contribution in [3.63, 3.8) is 0 Å². The Hall–Kier alpha value is -1.02. The zero-order chi connectivity index (χ0) is 13.4. The van der Waals surface area contributed by atoms with Crippen molar-refractivity contribution < 1.29 is 0 Å². The lowest BCUT2D eigenvalue weighted by atomic mass is 9.94. The van der Waals surface area contributed by atoms with E-state index in [0.29, 0.717) is 6.04 Å². The van der Waals surface area contributed by atoms with E-state index in [1.165, 1.54) is 36.9 Å². The number of anilines is 1. The smallest absolute Gasteiger partial charge is 0.0361 e. The number of hydrogen-bond acceptors (Lipinski definition) is 2. The second-order valence-corrected chi connectivity index (χ2v) is 6.66. The Morgan fingerprint density at radius 3 is 2.37 bits per heavy atom. The van der Waals surface area contributed by atoms with E-state index in [1.807, 2.05) is 0 Å². The lowest BCUT2D eigenvalue weighted by Gasteiger charge is -2.27. The molecule has 2 fully saturated rings. The zero-order valence-corrected chi connectivity index (χ0v) is 12.4. The van der Waals surface area contributed by atoms with Crippen LogP contribution in [0.2, 0.25) is 0 Å². The Labute approximate surface area is 117 Å². The fraction of sp³-hybridized carbons (Fsp3) is 0.647. The van der Waals surface area contributed by atoms with Crippen molar-refractivity contribution in [1.29, 1.82) is 0 Å². The molecule has 4 unspecified atom stereocenters. The molecule has 0 heterocycles. The van der Waals surface area contributed by atoms with Gasteiger partial charge in [-0.25, -0.2) is 0 Å². The van der Waals surface area contributed by atoms with Crippen LogP contribution in [-0.4, -0.2) is 20.1 Å². The molecule has 2 saturated carbocycles. The fourth-order valence-corrected chi connectivity index (χ4v) is 3.93. The highest BCUT2D eigenvalue weighted by Crippen LogP contribution is 2.45. The fourth-order valence-electron chi connectivity index (χ4n) is 3.93. The molecule has 2 heteroatoms. The number of benzene rings is 1. The molecule has 1 aromatic carbocycles. The van der Waals surface area contributed by atoms with Gasteiger partial charge in [0.2, 0.25) is 0 Å². The van der Waals surface area contributed by atoms with Crippen molar-refractivity contribution >= 4 is 5.69 Å². The molecule has 3 rings (SSSR count). The molecule has 4 atom stereocenters. The van der Waals surface area contributed by atoms with Crippen molar-refractivity contribution in [2.24, 2.45) is 11.8 Å². The van der Waals surface area contributed by atoms with E-state index < -0.39 is 0 Å². The molecule has 104 valence electrons. The molecule has 2 aliphatic carbocycles. The van der Waals surface area contributed by atoms with E-state index in [2.05, 4.69) is 55.5 Å². The van der Waals surface area contributed by atoms with Gasteiger partial charge < -0.3 is 10.2 Å². The third-order valence-electron chi connectivity index (χ3n) is 5.11. The Bertz CT molecular complexity index is 423. The van der Waals surface area contributed by atoms with E-state index in [4.69, 9.17) is 0 Å². The van der Waals surface area contributed by atoms with Crippen LogP contribution in [-0.2, 0) is 0 Å². The molecule has 0 spiro atoms. The molecule has 0 aliphatic heterocycles. The zero-order valence-electron chi connectivity index (χ0n) is 12.4. The lowest BCUT2D eigenvalue weighted by molar-refractivity contribution is 0.327. The Morgan fingerprint density at radius 2 is 1.84 bits per heavy atom. The first-order valence-electron chi connectivity index (χ1n) is 7.67. The topological polar surface area (TPSA) is 15.3 Å². The van der Waals surface area contributed by atoms with Gasteiger partial charge in [0.25, 0.3) is 0 Å². The Kier molecular flexibility index (Phi) is 3.53. The molecule has 1 aromatic rings. The first-order chi connectivity index (χ1) is 9.13. The molecule has 2 aliphatic rings. The summed E-state index contributed by atoms with van der Waals surface area (Å²) in [6, 6.07) is 10.2. The summed E-state index contributed by atoms with van der Waals surface area (Å²) in [5.74, 6) is 1.97. The summed E-state index contributed by atoms with van der Waals surface area (Å²) in [6.45, 7) is 2.30. The minimum absolute atomic E-state index is 0.473. The summed E-state index contributed by atoms with van der Waals surface area (Å²) in [6.07, 6.45) is 5.82. The van der Waals surface area contributed by atoms with Crippen LogP contribution < -0.4 is 10.2 Å². The predicted octanol–water partition coefficient (Wildman–Crippen LogP) is 3.59. The van der Waals surface area contributed by atoms with Crippen LogP contribution in [0.4, 0.5) is 5.69 Å². The maximum Gasteiger partial charge on any atom is 0.0361 e. The standard InChI is InChI=1S/C17H26N2/c1-12(14-6-8-16(9-7-14)19(2)3)18-17-11-13-4-5-15(17)10-13/h6-9,12-13,15,17-18H,4-5,10-11H2,1-3H3. The maximum absolute atomic E-state index is 3.86. The van der Waals surface area contributed by atoms with Crippen molar-refractivity contribution in [2.75, 3.05) is 19.0 Å². The van der Waals surface area contributed by atoms with Crippen LogP contribution in [0.25, 0.3) is 0 Å². The summed E-state index contributed by atoms with van der Waals surface area (Å²) >= 11 is 0. The maximum atomic E-state index is 3.86. The first kappa shape index (κ1) is 13.0. The van der Waals surface area contributed by atoms with Gasteiger partial charge in [-0.05, 0) is 55.7 Å². The SMILES string of the molecule is CC(NC1CC2CCC1C2)c1ccc(N(C)C)cc1. The van der Waals surface area contributed by atoms with Crippen molar-refractivity contribution in [3.05, 3.63) is 29.8 Å². The molecular weight excluding hydrogens is 232 g/mol. The van der Waals surface area contributed by atoms with Crippen LogP contribution in [0.1, 0.15) is 44.2 Å². The van der Waals surface area contributed by atoms with E-state index in [1.54, 1.807) is 0 Å². The monoisotopic (exact) mass is 258 g/mol. The third kappa shape index (κ3) is 2.64. The Morgan fingerprint density at radius 1 is 1.11 bits per heavy atom. The van der Waals surface area contributed by atoms with Crippen molar-refractivity contribution in [2.45, 2.75) is 44.7 Å². The molecule has 19 heavy (non-hydrogen) atoms. The number of nitrogens with zero attached hydrogens (tertiary/aromatic N) is 1. The minimum Gasteiger partial charge on any atom is -0.378 e. The molecule has 1 N–H and O–H groups in total. The van der Waals surface area contributed by atoms with Crippen LogP contribution in [0.15, 0.2) is 24.3 Å². The average molecular weight is 258 g/mol. The normalized spacial score (nSPS) is 30.6. The van der Waals surface area contributed by atoms with Gasteiger partial charge in [0.05, 0.1) is 0 Å². The van der Waals surface area contributed by atoms with Gasteiger partial charge >= 0.3 is 0 Å². The van der Waals surface area contributed by atoms with Gasteiger partial charge in [-0.3, -0.25) is 0 Å². The van der Waals surface area contributed by atoms with Crippen LogP contribution >= 0.6 is 0 Å². The van der Waals surface area contributed by atoms with E-state index in [0.717, 1.165) is 17.9 Å². The van der Waals surface area contributed by atoms with Gasteiger partial charge in [-0.15, -0.1) is 0 Å². The van der Waals surface area contributed by atoms with Gasteiger partial charge in [-0.2, -0.15) is 0 Å². The van der Waals surface area contributed by atoms with E-state index in [-0.39, 0.29) is 0 Å². The quantitative estimate of drug-likeness (QED) is 0.888. The second-order valence-electron chi connectivity index (χ2n) is 6.66. The second kappa shape index (κ2) is 5.16. The largest absolute Gasteiger partial charge is 0.378 e. The molecule has 0 radical (unpaired) electrons. The van der Waals surface area contributed by atoms with E-state index in [9.17, 15) is 0 Å². The molecular formula is C17H26N2. The van der Waals surface area contributed by atoms with Gasteiger partial charge in [0.1, 0.15) is 0 Å². The molecule has 2 nitrogen and oxygen atoms in total. The number of hydrogen-bond donors (Lipinski definition) is 1. The van der Waals surface area contributed by atoms with Crippen molar-refractivity contribution in [1.82, 2.24) is 5.32 Å². The summed E-state index contributed by atoms with van der Waals surface area (Å²) in [7, 11) is 4.18. The molecule has 2 bridgehead atoms. The van der Waals surface area contributed by atoms with Gasteiger partial charge in [0, 0.05) is 31.9 Å². The van der Waals surface area contributed by atoms with Crippen LogP contribution in [0, 0.1) is 11.8 Å². The average Bonchev–Trinajstić information content (AvgIpc) is 3.01.